The van der Waals surface area contributed by atoms with Crippen LogP contribution >= 0.6 is 24.0 Å². The number of ether oxygens (including phenoxy) is 2. The summed E-state index contributed by atoms with van der Waals surface area (Å²) in [6.45, 7) is 4.04. The normalized spacial score (nSPS) is 14.7. The molecule has 6 heteroatoms. The van der Waals surface area contributed by atoms with Crippen LogP contribution in [0.1, 0.15) is 0 Å². The van der Waals surface area contributed by atoms with Crippen molar-refractivity contribution in [3.05, 3.63) is 54.6 Å². The maximum atomic E-state index is 6.01. The van der Waals surface area contributed by atoms with Crippen LogP contribution in [0.3, 0.4) is 0 Å². The van der Waals surface area contributed by atoms with Crippen LogP contribution in [-0.2, 0) is 4.74 Å². The molecule has 0 aliphatic carbocycles. The van der Waals surface area contributed by atoms with Gasteiger partial charge in [-0.25, -0.2) is 4.99 Å². The highest BCUT2D eigenvalue weighted by atomic mass is 127. The highest BCUT2D eigenvalue weighted by molar-refractivity contribution is 14.0. The van der Waals surface area contributed by atoms with Gasteiger partial charge in [0, 0.05) is 18.7 Å². The third kappa shape index (κ3) is 5.61. The molecule has 2 aromatic carbocycles. The molecule has 134 valence electrons. The van der Waals surface area contributed by atoms with E-state index < -0.39 is 0 Å². The van der Waals surface area contributed by atoms with Gasteiger partial charge in [-0.15, -0.1) is 24.0 Å². The van der Waals surface area contributed by atoms with Gasteiger partial charge < -0.3 is 20.1 Å². The number of aliphatic imine (C=N–C) groups is 1. The van der Waals surface area contributed by atoms with Crippen molar-refractivity contribution in [2.75, 3.05) is 39.5 Å². The zero-order valence-corrected chi connectivity index (χ0v) is 16.5. The van der Waals surface area contributed by atoms with Crippen LogP contribution in [0, 0.1) is 0 Å². The Hall–Kier alpha value is -1.80. The van der Waals surface area contributed by atoms with Gasteiger partial charge in [0.2, 0.25) is 0 Å². The van der Waals surface area contributed by atoms with Crippen LogP contribution in [0.4, 0.5) is 0 Å². The van der Waals surface area contributed by atoms with Gasteiger partial charge in [-0.05, 0) is 11.6 Å². The first kappa shape index (κ1) is 19.5. The quantitative estimate of drug-likeness (QED) is 0.327. The van der Waals surface area contributed by atoms with Gasteiger partial charge >= 0.3 is 0 Å². The number of benzene rings is 2. The lowest BCUT2D eigenvalue weighted by molar-refractivity contribution is 0.0674. The van der Waals surface area contributed by atoms with E-state index in [0.717, 1.165) is 30.0 Å². The first-order valence-electron chi connectivity index (χ1n) is 8.24. The molecule has 3 rings (SSSR count). The molecular formula is C19H24IN3O2. The number of rotatable bonds is 5. The largest absolute Gasteiger partial charge is 0.491 e. The first-order chi connectivity index (χ1) is 11.8. The van der Waals surface area contributed by atoms with Crippen molar-refractivity contribution in [2.45, 2.75) is 0 Å². The van der Waals surface area contributed by atoms with Crippen LogP contribution in [0.2, 0.25) is 0 Å². The number of nitrogens with two attached hydrogens (primary N) is 1. The topological polar surface area (TPSA) is 60.1 Å². The molecular weight excluding hydrogens is 429 g/mol. The molecule has 25 heavy (non-hydrogen) atoms. The summed E-state index contributed by atoms with van der Waals surface area (Å²) in [4.78, 5) is 6.45. The minimum absolute atomic E-state index is 0. The molecule has 1 fully saturated rings. The van der Waals surface area contributed by atoms with E-state index in [-0.39, 0.29) is 24.0 Å². The van der Waals surface area contributed by atoms with Crippen LogP contribution in [0.5, 0.6) is 5.75 Å². The number of para-hydroxylation sites is 1. The molecule has 0 radical (unpaired) electrons. The average Bonchev–Trinajstić information content (AvgIpc) is 2.67. The van der Waals surface area contributed by atoms with Crippen LogP contribution in [0.15, 0.2) is 59.6 Å². The lowest BCUT2D eigenvalue weighted by atomic mass is 10.1. The Morgan fingerprint density at radius 3 is 2.48 bits per heavy atom. The van der Waals surface area contributed by atoms with E-state index in [4.69, 9.17) is 15.2 Å². The molecule has 0 amide bonds. The van der Waals surface area contributed by atoms with Gasteiger partial charge in [0.05, 0.1) is 19.8 Å². The minimum Gasteiger partial charge on any atom is -0.491 e. The van der Waals surface area contributed by atoms with E-state index in [1.54, 1.807) is 0 Å². The molecule has 0 spiro atoms. The maximum absolute atomic E-state index is 6.01. The van der Waals surface area contributed by atoms with E-state index in [9.17, 15) is 0 Å². The summed E-state index contributed by atoms with van der Waals surface area (Å²) in [5.41, 5.74) is 8.24. The summed E-state index contributed by atoms with van der Waals surface area (Å²) >= 11 is 0. The van der Waals surface area contributed by atoms with Crippen molar-refractivity contribution < 1.29 is 9.47 Å². The number of morpholine rings is 1. The first-order valence-corrected chi connectivity index (χ1v) is 8.24. The fraction of sp³-hybridized carbons (Fsp3) is 0.316. The predicted octanol–water partition coefficient (Wildman–Crippen LogP) is 3.00. The average molecular weight is 453 g/mol. The summed E-state index contributed by atoms with van der Waals surface area (Å²) in [7, 11) is 0. The number of hydrogen-bond donors (Lipinski definition) is 1. The Morgan fingerprint density at radius 1 is 1.04 bits per heavy atom. The molecule has 1 aliphatic heterocycles. The molecule has 1 aliphatic rings. The number of nitrogens with zero attached hydrogens (tertiary/aromatic N) is 2. The smallest absolute Gasteiger partial charge is 0.191 e. The Bertz CT molecular complexity index is 673. The molecule has 1 heterocycles. The maximum Gasteiger partial charge on any atom is 0.191 e. The fourth-order valence-corrected chi connectivity index (χ4v) is 2.66. The summed E-state index contributed by atoms with van der Waals surface area (Å²) in [5, 5.41) is 0. The summed E-state index contributed by atoms with van der Waals surface area (Å²) in [6.07, 6.45) is 0. The molecule has 0 aromatic heterocycles. The minimum atomic E-state index is 0. The van der Waals surface area contributed by atoms with Crippen molar-refractivity contribution in [3.8, 4) is 16.9 Å². The lowest BCUT2D eigenvalue weighted by Gasteiger charge is -2.27. The fourth-order valence-electron chi connectivity index (χ4n) is 2.66. The van der Waals surface area contributed by atoms with Gasteiger partial charge in [-0.1, -0.05) is 48.5 Å². The van der Waals surface area contributed by atoms with Crippen molar-refractivity contribution in [3.63, 3.8) is 0 Å². The molecule has 0 atom stereocenters. The Balaban J connectivity index is 0.00000225. The summed E-state index contributed by atoms with van der Waals surface area (Å²) < 4.78 is 11.2. The van der Waals surface area contributed by atoms with Gasteiger partial charge in [0.1, 0.15) is 12.4 Å². The van der Waals surface area contributed by atoms with E-state index >= 15 is 0 Å². The Morgan fingerprint density at radius 2 is 1.72 bits per heavy atom. The van der Waals surface area contributed by atoms with E-state index in [0.29, 0.717) is 32.3 Å². The van der Waals surface area contributed by atoms with Crippen molar-refractivity contribution in [2.24, 2.45) is 10.7 Å². The molecule has 2 aromatic rings. The van der Waals surface area contributed by atoms with Crippen molar-refractivity contribution >= 4 is 29.9 Å². The zero-order chi connectivity index (χ0) is 16.6. The van der Waals surface area contributed by atoms with Crippen LogP contribution in [-0.4, -0.2) is 50.3 Å². The number of guanidine groups is 1. The van der Waals surface area contributed by atoms with Crippen molar-refractivity contribution in [1.82, 2.24) is 4.90 Å². The van der Waals surface area contributed by atoms with E-state index in [2.05, 4.69) is 23.2 Å². The highest BCUT2D eigenvalue weighted by Gasteiger charge is 2.11. The predicted molar refractivity (Wildman–Crippen MR) is 112 cm³/mol. The standard InChI is InChI=1S/C19H23N3O2.HI/c20-19(22-11-14-23-15-12-22)21-10-13-24-18-9-5-4-8-17(18)16-6-2-1-3-7-16;/h1-9H,10-15H2,(H2,20,21);1H. The summed E-state index contributed by atoms with van der Waals surface area (Å²) in [6, 6.07) is 18.3. The van der Waals surface area contributed by atoms with Gasteiger partial charge in [-0.2, -0.15) is 0 Å². The molecule has 0 unspecified atom stereocenters. The third-order valence-electron chi connectivity index (χ3n) is 3.93. The van der Waals surface area contributed by atoms with Crippen molar-refractivity contribution in [1.29, 1.82) is 0 Å². The highest BCUT2D eigenvalue weighted by Crippen LogP contribution is 2.29. The Kier molecular flexibility index (Phi) is 8.00. The molecule has 0 saturated carbocycles. The van der Waals surface area contributed by atoms with Gasteiger partial charge in [0.15, 0.2) is 5.96 Å². The van der Waals surface area contributed by atoms with Gasteiger partial charge in [0.25, 0.3) is 0 Å². The lowest BCUT2D eigenvalue weighted by Crippen LogP contribution is -2.45. The molecule has 0 bridgehead atoms. The monoisotopic (exact) mass is 453 g/mol. The van der Waals surface area contributed by atoms with Crippen LogP contribution < -0.4 is 10.5 Å². The second-order valence-corrected chi connectivity index (χ2v) is 5.55. The third-order valence-corrected chi connectivity index (χ3v) is 3.93. The number of halogens is 1. The van der Waals surface area contributed by atoms with Gasteiger partial charge in [-0.3, -0.25) is 0 Å². The SMILES string of the molecule is I.NC(=NCCOc1ccccc1-c1ccccc1)N1CCOCC1. The van der Waals surface area contributed by atoms with E-state index in [1.807, 2.05) is 41.3 Å². The Labute approximate surface area is 165 Å². The molecule has 1 saturated heterocycles. The number of hydrogen-bond acceptors (Lipinski definition) is 3. The summed E-state index contributed by atoms with van der Waals surface area (Å²) in [5.74, 6) is 1.43. The molecule has 5 nitrogen and oxygen atoms in total. The van der Waals surface area contributed by atoms with E-state index in [1.165, 1.54) is 0 Å². The second-order valence-electron chi connectivity index (χ2n) is 5.55. The second kappa shape index (κ2) is 10.2. The van der Waals surface area contributed by atoms with Crippen LogP contribution in [0.25, 0.3) is 11.1 Å². The molecule has 2 N–H and O–H groups in total. The zero-order valence-electron chi connectivity index (χ0n) is 14.1.